The summed E-state index contributed by atoms with van der Waals surface area (Å²) in [6, 6.07) is 0. The second-order valence-corrected chi connectivity index (χ2v) is 3.35. The average molecular weight is 176 g/mol. The van der Waals surface area contributed by atoms with Crippen LogP contribution in [-0.2, 0) is 6.42 Å². The molecule has 1 atom stereocenters. The van der Waals surface area contributed by atoms with Crippen molar-refractivity contribution in [1.82, 2.24) is 9.97 Å². The predicted molar refractivity (Wildman–Crippen MR) is 52.1 cm³/mol. The Morgan fingerprint density at radius 1 is 1.46 bits per heavy atom. The minimum Gasteiger partial charge on any atom is -0.382 e. The van der Waals surface area contributed by atoms with Crippen molar-refractivity contribution in [2.24, 2.45) is 10.9 Å². The topological polar surface area (TPSA) is 64.2 Å². The van der Waals surface area contributed by atoms with Gasteiger partial charge in [0.25, 0.3) is 0 Å². The summed E-state index contributed by atoms with van der Waals surface area (Å²) in [5.41, 5.74) is 7.41. The first kappa shape index (κ1) is 8.16. The van der Waals surface area contributed by atoms with Gasteiger partial charge in [-0.25, -0.2) is 9.97 Å². The predicted octanol–water partition coefficient (Wildman–Crippen LogP) is 1.34. The van der Waals surface area contributed by atoms with Gasteiger partial charge in [-0.15, -0.1) is 0 Å². The first-order chi connectivity index (χ1) is 6.27. The number of nitrogens with zero attached hydrogens (tertiary/aromatic N) is 3. The number of hydrogen-bond donors (Lipinski definition) is 1. The molecule has 1 aliphatic rings. The van der Waals surface area contributed by atoms with Crippen LogP contribution in [0.5, 0.6) is 0 Å². The van der Waals surface area contributed by atoms with Crippen LogP contribution in [-0.4, -0.2) is 16.2 Å². The van der Waals surface area contributed by atoms with Crippen molar-refractivity contribution in [3.63, 3.8) is 0 Å². The van der Waals surface area contributed by atoms with Crippen LogP contribution in [0, 0.1) is 5.92 Å². The molecule has 0 bridgehead atoms. The van der Waals surface area contributed by atoms with E-state index in [-0.39, 0.29) is 0 Å². The summed E-state index contributed by atoms with van der Waals surface area (Å²) in [6.07, 6.45) is 5.43. The highest BCUT2D eigenvalue weighted by Crippen LogP contribution is 2.27. The smallest absolute Gasteiger partial charge is 0.153 e. The van der Waals surface area contributed by atoms with Gasteiger partial charge in [0, 0.05) is 6.21 Å². The Bertz CT molecular complexity index is 345. The van der Waals surface area contributed by atoms with Crippen LogP contribution in [0.4, 0.5) is 11.5 Å². The maximum absolute atomic E-state index is 5.69. The fraction of sp³-hybridized carbons (Fsp3) is 0.444. The highest BCUT2D eigenvalue weighted by Gasteiger charge is 2.12. The SMILES string of the molecule is CC1C=Nc2c(N)ncnc2CC1. The van der Waals surface area contributed by atoms with E-state index in [1.807, 2.05) is 6.21 Å². The number of aliphatic imine (C=N–C) groups is 1. The maximum atomic E-state index is 5.69. The van der Waals surface area contributed by atoms with Gasteiger partial charge in [0.15, 0.2) is 5.82 Å². The molecule has 0 spiro atoms. The third kappa shape index (κ3) is 1.52. The van der Waals surface area contributed by atoms with E-state index in [4.69, 9.17) is 5.73 Å². The molecule has 1 unspecified atom stereocenters. The molecule has 0 amide bonds. The molecule has 68 valence electrons. The number of aryl methyl sites for hydroxylation is 1. The Kier molecular flexibility index (Phi) is 1.96. The second kappa shape index (κ2) is 3.12. The molecule has 4 nitrogen and oxygen atoms in total. The van der Waals surface area contributed by atoms with E-state index in [1.165, 1.54) is 6.33 Å². The Balaban J connectivity index is 2.47. The van der Waals surface area contributed by atoms with Gasteiger partial charge >= 0.3 is 0 Å². The molecular weight excluding hydrogens is 164 g/mol. The zero-order valence-electron chi connectivity index (χ0n) is 7.57. The third-order valence-electron chi connectivity index (χ3n) is 2.22. The summed E-state index contributed by atoms with van der Waals surface area (Å²) >= 11 is 0. The molecule has 0 saturated carbocycles. The van der Waals surface area contributed by atoms with Crippen LogP contribution >= 0.6 is 0 Å². The highest BCUT2D eigenvalue weighted by atomic mass is 15.0. The van der Waals surface area contributed by atoms with Gasteiger partial charge in [-0.1, -0.05) is 6.92 Å². The lowest BCUT2D eigenvalue weighted by atomic mass is 10.1. The van der Waals surface area contributed by atoms with Crippen LogP contribution in [0.2, 0.25) is 0 Å². The van der Waals surface area contributed by atoms with Crippen LogP contribution in [0.1, 0.15) is 19.0 Å². The van der Waals surface area contributed by atoms with Crippen LogP contribution in [0.3, 0.4) is 0 Å². The van der Waals surface area contributed by atoms with Crippen molar-refractivity contribution < 1.29 is 0 Å². The number of hydrogen-bond acceptors (Lipinski definition) is 4. The molecular formula is C9H12N4. The number of fused-ring (bicyclic) bond motifs is 1. The zero-order valence-corrected chi connectivity index (χ0v) is 7.57. The zero-order chi connectivity index (χ0) is 9.26. The Hall–Kier alpha value is -1.45. The van der Waals surface area contributed by atoms with E-state index in [9.17, 15) is 0 Å². The summed E-state index contributed by atoms with van der Waals surface area (Å²) in [6.45, 7) is 2.14. The molecule has 4 heteroatoms. The van der Waals surface area contributed by atoms with Crippen LogP contribution < -0.4 is 5.73 Å². The number of nitrogen functional groups attached to an aromatic ring is 1. The second-order valence-electron chi connectivity index (χ2n) is 3.35. The van der Waals surface area contributed by atoms with Gasteiger partial charge in [-0.05, 0) is 18.8 Å². The molecule has 13 heavy (non-hydrogen) atoms. The molecule has 0 aromatic carbocycles. The Morgan fingerprint density at radius 2 is 2.31 bits per heavy atom. The summed E-state index contributed by atoms with van der Waals surface area (Å²) < 4.78 is 0. The van der Waals surface area contributed by atoms with Crippen molar-refractivity contribution in [2.45, 2.75) is 19.8 Å². The first-order valence-electron chi connectivity index (χ1n) is 4.41. The summed E-state index contributed by atoms with van der Waals surface area (Å²) in [4.78, 5) is 12.4. The lowest BCUT2D eigenvalue weighted by molar-refractivity contribution is 0.691. The molecule has 0 aliphatic carbocycles. The molecule has 0 radical (unpaired) electrons. The van der Waals surface area contributed by atoms with E-state index in [1.54, 1.807) is 0 Å². The van der Waals surface area contributed by atoms with E-state index >= 15 is 0 Å². The minimum absolute atomic E-state index is 0.482. The molecule has 0 saturated heterocycles. The summed E-state index contributed by atoms with van der Waals surface area (Å²) in [5, 5.41) is 0. The lowest BCUT2D eigenvalue weighted by Gasteiger charge is -2.02. The largest absolute Gasteiger partial charge is 0.382 e. The highest BCUT2D eigenvalue weighted by molar-refractivity contribution is 5.72. The fourth-order valence-corrected chi connectivity index (χ4v) is 1.40. The average Bonchev–Trinajstić information content (AvgIpc) is 2.30. The van der Waals surface area contributed by atoms with Crippen molar-refractivity contribution in [3.8, 4) is 0 Å². The van der Waals surface area contributed by atoms with Crippen molar-refractivity contribution in [3.05, 3.63) is 12.0 Å². The van der Waals surface area contributed by atoms with Gasteiger partial charge in [-0.2, -0.15) is 0 Å². The molecule has 1 aromatic rings. The monoisotopic (exact) mass is 176 g/mol. The Morgan fingerprint density at radius 3 is 3.15 bits per heavy atom. The lowest BCUT2D eigenvalue weighted by Crippen LogP contribution is -1.98. The molecule has 2 N–H and O–H groups in total. The van der Waals surface area contributed by atoms with E-state index in [0.29, 0.717) is 11.7 Å². The van der Waals surface area contributed by atoms with Crippen molar-refractivity contribution in [1.29, 1.82) is 0 Å². The van der Waals surface area contributed by atoms with Gasteiger partial charge in [0.2, 0.25) is 0 Å². The van der Waals surface area contributed by atoms with Gasteiger partial charge in [0.05, 0.1) is 5.69 Å². The third-order valence-corrected chi connectivity index (χ3v) is 2.22. The molecule has 1 aromatic heterocycles. The molecule has 2 heterocycles. The molecule has 1 aliphatic heterocycles. The van der Waals surface area contributed by atoms with Gasteiger partial charge < -0.3 is 5.73 Å². The van der Waals surface area contributed by atoms with Gasteiger partial charge in [0.1, 0.15) is 12.0 Å². The van der Waals surface area contributed by atoms with Gasteiger partial charge in [-0.3, -0.25) is 4.99 Å². The number of rotatable bonds is 0. The van der Waals surface area contributed by atoms with E-state index in [0.717, 1.165) is 24.2 Å². The summed E-state index contributed by atoms with van der Waals surface area (Å²) in [7, 11) is 0. The Labute approximate surface area is 76.9 Å². The number of nitrogens with two attached hydrogens (primary N) is 1. The van der Waals surface area contributed by atoms with E-state index in [2.05, 4.69) is 21.9 Å². The molecule has 0 fully saturated rings. The standard InChI is InChI=1S/C9H12N4/c1-6-2-3-7-8(11-4-6)9(10)13-5-12-7/h4-6H,2-3H2,1H3,(H2,10,12,13). The first-order valence-corrected chi connectivity index (χ1v) is 4.41. The fourth-order valence-electron chi connectivity index (χ4n) is 1.40. The van der Waals surface area contributed by atoms with Crippen molar-refractivity contribution >= 4 is 17.7 Å². The summed E-state index contributed by atoms with van der Waals surface area (Å²) in [5.74, 6) is 0.976. The number of aromatic nitrogens is 2. The minimum atomic E-state index is 0.482. The maximum Gasteiger partial charge on any atom is 0.153 e. The quantitative estimate of drug-likeness (QED) is 0.648. The van der Waals surface area contributed by atoms with Crippen molar-refractivity contribution in [2.75, 3.05) is 5.73 Å². The molecule has 2 rings (SSSR count). The van der Waals surface area contributed by atoms with E-state index < -0.39 is 0 Å². The number of anilines is 1. The van der Waals surface area contributed by atoms with Crippen LogP contribution in [0.15, 0.2) is 11.3 Å². The normalized spacial score (nSPS) is 20.8. The van der Waals surface area contributed by atoms with Crippen LogP contribution in [0.25, 0.3) is 0 Å².